The lowest BCUT2D eigenvalue weighted by molar-refractivity contribution is -0.137. The molecule has 2 aromatic heterocycles. The predicted molar refractivity (Wildman–Crippen MR) is 95.3 cm³/mol. The highest BCUT2D eigenvalue weighted by atomic mass is 16.3. The standard InChI is InChI=1S/C18H22N6O2/c1-23-12-20-22-16(23)9-18(26)5-2-6-24(11-18)17(25)8-13-3-4-15-14(7-13)10-19-21-15/h3-4,7,10,12,26H,2,5-6,8-9,11H2,1H3,(H,19,21). The van der Waals surface area contributed by atoms with Crippen LogP contribution in [0.15, 0.2) is 30.7 Å². The molecule has 8 nitrogen and oxygen atoms in total. The Morgan fingerprint density at radius 3 is 3.12 bits per heavy atom. The average Bonchev–Trinajstić information content (AvgIpc) is 3.23. The Balaban J connectivity index is 1.44. The van der Waals surface area contributed by atoms with E-state index in [2.05, 4.69) is 20.4 Å². The molecule has 8 heteroatoms. The van der Waals surface area contributed by atoms with Gasteiger partial charge in [-0.15, -0.1) is 10.2 Å². The summed E-state index contributed by atoms with van der Waals surface area (Å²) >= 11 is 0. The van der Waals surface area contributed by atoms with Gasteiger partial charge in [-0.05, 0) is 30.5 Å². The quantitative estimate of drug-likeness (QED) is 0.723. The maximum atomic E-state index is 12.8. The molecule has 0 spiro atoms. The van der Waals surface area contributed by atoms with E-state index in [0.29, 0.717) is 32.4 Å². The predicted octanol–water partition coefficient (Wildman–Crippen LogP) is 0.830. The zero-order valence-electron chi connectivity index (χ0n) is 14.7. The summed E-state index contributed by atoms with van der Waals surface area (Å²) in [5, 5.41) is 26.8. The number of H-pyrrole nitrogens is 1. The van der Waals surface area contributed by atoms with Crippen LogP contribution in [0.5, 0.6) is 0 Å². The van der Waals surface area contributed by atoms with Crippen LogP contribution in [0.1, 0.15) is 24.2 Å². The van der Waals surface area contributed by atoms with Crippen LogP contribution in [0.2, 0.25) is 0 Å². The molecule has 1 aliphatic heterocycles. The van der Waals surface area contributed by atoms with Crippen molar-refractivity contribution in [2.75, 3.05) is 13.1 Å². The minimum atomic E-state index is -0.955. The fourth-order valence-corrected chi connectivity index (χ4v) is 3.62. The Bertz CT molecular complexity index is 933. The number of aromatic nitrogens is 5. The van der Waals surface area contributed by atoms with Gasteiger partial charge < -0.3 is 14.6 Å². The number of hydrogen-bond donors (Lipinski definition) is 2. The molecular formula is C18H22N6O2. The second-order valence-corrected chi connectivity index (χ2v) is 7.15. The average molecular weight is 354 g/mol. The maximum Gasteiger partial charge on any atom is 0.227 e. The molecule has 1 atom stereocenters. The molecule has 1 saturated heterocycles. The van der Waals surface area contributed by atoms with Gasteiger partial charge in [-0.1, -0.05) is 6.07 Å². The summed E-state index contributed by atoms with van der Waals surface area (Å²) in [4.78, 5) is 14.5. The van der Waals surface area contributed by atoms with Crippen molar-refractivity contribution < 1.29 is 9.90 Å². The van der Waals surface area contributed by atoms with E-state index in [9.17, 15) is 9.90 Å². The lowest BCUT2D eigenvalue weighted by Crippen LogP contribution is -2.52. The summed E-state index contributed by atoms with van der Waals surface area (Å²) in [6.45, 7) is 1.00. The Hall–Kier alpha value is -2.74. The largest absolute Gasteiger partial charge is 0.388 e. The molecule has 0 saturated carbocycles. The normalized spacial score (nSPS) is 20.6. The van der Waals surface area contributed by atoms with Crippen molar-refractivity contribution in [3.8, 4) is 0 Å². The fraction of sp³-hybridized carbons (Fsp3) is 0.444. The summed E-state index contributed by atoms with van der Waals surface area (Å²) in [6, 6.07) is 5.85. The van der Waals surface area contributed by atoms with Crippen LogP contribution in [-0.2, 0) is 24.7 Å². The first kappa shape index (κ1) is 16.7. The molecule has 136 valence electrons. The molecule has 4 rings (SSSR count). The van der Waals surface area contributed by atoms with Gasteiger partial charge in [-0.25, -0.2) is 0 Å². The van der Waals surface area contributed by atoms with Gasteiger partial charge in [0, 0.05) is 31.9 Å². The lowest BCUT2D eigenvalue weighted by Gasteiger charge is -2.39. The van der Waals surface area contributed by atoms with E-state index in [1.807, 2.05) is 25.2 Å². The summed E-state index contributed by atoms with van der Waals surface area (Å²) in [5.74, 6) is 0.760. The van der Waals surface area contributed by atoms with Crippen LogP contribution < -0.4 is 0 Å². The maximum absolute atomic E-state index is 12.8. The molecule has 1 amide bonds. The highest BCUT2D eigenvalue weighted by Crippen LogP contribution is 2.25. The highest BCUT2D eigenvalue weighted by Gasteiger charge is 2.36. The van der Waals surface area contributed by atoms with Crippen LogP contribution >= 0.6 is 0 Å². The number of aliphatic hydroxyl groups is 1. The number of aryl methyl sites for hydroxylation is 1. The number of amides is 1. The first-order valence-corrected chi connectivity index (χ1v) is 8.77. The van der Waals surface area contributed by atoms with Gasteiger partial charge >= 0.3 is 0 Å². The van der Waals surface area contributed by atoms with Gasteiger partial charge in [0.15, 0.2) is 0 Å². The van der Waals surface area contributed by atoms with Gasteiger partial charge in [0.1, 0.15) is 12.2 Å². The third-order valence-electron chi connectivity index (χ3n) is 5.06. The molecule has 26 heavy (non-hydrogen) atoms. The number of fused-ring (bicyclic) bond motifs is 1. The van der Waals surface area contributed by atoms with Crippen molar-refractivity contribution in [2.24, 2.45) is 7.05 Å². The van der Waals surface area contributed by atoms with Gasteiger partial charge in [0.05, 0.1) is 23.7 Å². The van der Waals surface area contributed by atoms with Crippen LogP contribution in [0.4, 0.5) is 0 Å². The minimum absolute atomic E-state index is 0.0314. The topological polar surface area (TPSA) is 99.9 Å². The number of piperidine rings is 1. The minimum Gasteiger partial charge on any atom is -0.388 e. The number of benzene rings is 1. The van der Waals surface area contributed by atoms with Crippen molar-refractivity contribution in [2.45, 2.75) is 31.3 Å². The lowest BCUT2D eigenvalue weighted by atomic mass is 9.89. The van der Waals surface area contributed by atoms with Crippen LogP contribution in [0, 0.1) is 0 Å². The molecule has 1 aromatic carbocycles. The molecule has 1 unspecified atom stereocenters. The van der Waals surface area contributed by atoms with Crippen LogP contribution in [0.25, 0.3) is 10.9 Å². The molecule has 2 N–H and O–H groups in total. The first-order valence-electron chi connectivity index (χ1n) is 8.77. The van der Waals surface area contributed by atoms with E-state index in [1.54, 1.807) is 22.0 Å². The van der Waals surface area contributed by atoms with Gasteiger partial charge in [-0.2, -0.15) is 5.10 Å². The molecule has 0 aliphatic carbocycles. The van der Waals surface area contributed by atoms with E-state index >= 15 is 0 Å². The fourth-order valence-electron chi connectivity index (χ4n) is 3.62. The Morgan fingerprint density at radius 2 is 2.31 bits per heavy atom. The molecule has 3 aromatic rings. The van der Waals surface area contributed by atoms with Crippen LogP contribution in [-0.4, -0.2) is 59.6 Å². The number of carbonyl (C=O) groups excluding carboxylic acids is 1. The summed E-state index contributed by atoms with van der Waals surface area (Å²) in [6.07, 6.45) is 5.53. The smallest absolute Gasteiger partial charge is 0.227 e. The number of nitrogens with one attached hydrogen (secondary N) is 1. The molecule has 0 bridgehead atoms. The van der Waals surface area contributed by atoms with Gasteiger partial charge in [0.2, 0.25) is 5.91 Å². The number of hydrogen-bond acceptors (Lipinski definition) is 5. The van der Waals surface area contributed by atoms with Gasteiger partial charge in [-0.3, -0.25) is 9.89 Å². The Morgan fingerprint density at radius 1 is 1.42 bits per heavy atom. The van der Waals surface area contributed by atoms with Crippen molar-refractivity contribution >= 4 is 16.8 Å². The summed E-state index contributed by atoms with van der Waals surface area (Å²) in [5.41, 5.74) is 0.951. The third kappa shape index (κ3) is 3.32. The monoisotopic (exact) mass is 354 g/mol. The van der Waals surface area contributed by atoms with E-state index in [1.165, 1.54) is 0 Å². The molecule has 3 heterocycles. The number of aromatic amines is 1. The Labute approximate surface area is 150 Å². The van der Waals surface area contributed by atoms with Crippen molar-refractivity contribution in [3.05, 3.63) is 42.1 Å². The van der Waals surface area contributed by atoms with E-state index in [4.69, 9.17) is 0 Å². The van der Waals surface area contributed by atoms with Gasteiger partial charge in [0.25, 0.3) is 0 Å². The molecule has 1 aliphatic rings. The van der Waals surface area contributed by atoms with Crippen molar-refractivity contribution in [3.63, 3.8) is 0 Å². The number of likely N-dealkylation sites (tertiary alicyclic amines) is 1. The van der Waals surface area contributed by atoms with Crippen molar-refractivity contribution in [1.82, 2.24) is 29.9 Å². The number of β-amino-alcohol motifs (C(OH)–C–C–N with tert-alkyl or cyclic N) is 1. The molecule has 1 fully saturated rings. The number of rotatable bonds is 4. The summed E-state index contributed by atoms with van der Waals surface area (Å²) < 4.78 is 1.80. The van der Waals surface area contributed by atoms with Crippen LogP contribution in [0.3, 0.4) is 0 Å². The second-order valence-electron chi connectivity index (χ2n) is 7.15. The SMILES string of the molecule is Cn1cnnc1CC1(O)CCCN(C(=O)Cc2ccc3[nH]ncc3c2)C1. The van der Waals surface area contributed by atoms with E-state index in [-0.39, 0.29) is 5.91 Å². The van der Waals surface area contributed by atoms with E-state index in [0.717, 1.165) is 28.7 Å². The Kier molecular flexibility index (Phi) is 4.20. The summed E-state index contributed by atoms with van der Waals surface area (Å²) in [7, 11) is 1.86. The number of nitrogens with zero attached hydrogens (tertiary/aromatic N) is 5. The molecular weight excluding hydrogens is 332 g/mol. The zero-order chi connectivity index (χ0) is 18.1. The highest BCUT2D eigenvalue weighted by molar-refractivity contribution is 5.83. The zero-order valence-corrected chi connectivity index (χ0v) is 14.7. The van der Waals surface area contributed by atoms with Crippen molar-refractivity contribution in [1.29, 1.82) is 0 Å². The molecule has 0 radical (unpaired) electrons. The first-order chi connectivity index (χ1) is 12.5. The second kappa shape index (κ2) is 6.53. The number of carbonyl (C=O) groups is 1. The van der Waals surface area contributed by atoms with E-state index < -0.39 is 5.60 Å². The third-order valence-corrected chi connectivity index (χ3v) is 5.06.